The summed E-state index contributed by atoms with van der Waals surface area (Å²) >= 11 is 0. The molecule has 5 N–H and O–H groups in total. The summed E-state index contributed by atoms with van der Waals surface area (Å²) in [4.78, 5) is 10.1. The summed E-state index contributed by atoms with van der Waals surface area (Å²) in [5.74, 6) is 0.187. The maximum atomic E-state index is 10.7. The fraction of sp³-hybridized carbons (Fsp3) is 0.625. The van der Waals surface area contributed by atoms with Gasteiger partial charge in [-0.25, -0.2) is 0 Å². The van der Waals surface area contributed by atoms with Crippen molar-refractivity contribution in [2.45, 2.75) is 49.2 Å². The van der Waals surface area contributed by atoms with E-state index in [9.17, 15) is 30.5 Å². The van der Waals surface area contributed by atoms with Crippen LogP contribution in [0.3, 0.4) is 0 Å². The molecule has 0 bridgehead atoms. The Kier molecular flexibility index (Phi) is 6.42. The Bertz CT molecular complexity index is 671. The Labute approximate surface area is 158 Å². The molecule has 1 aromatic carbocycles. The van der Waals surface area contributed by atoms with Gasteiger partial charge >= 0.3 is 0 Å². The van der Waals surface area contributed by atoms with Crippen molar-refractivity contribution in [3.8, 4) is 5.75 Å². The predicted octanol–water partition coefficient (Wildman–Crippen LogP) is -2.12. The molecule has 2 aliphatic heterocycles. The maximum absolute atomic E-state index is 10.7. The van der Waals surface area contributed by atoms with Crippen LogP contribution in [0.25, 0.3) is 0 Å². The molecule has 0 unspecified atom stereocenters. The maximum Gasteiger partial charge on any atom is 0.269 e. The Morgan fingerprint density at radius 1 is 0.929 bits per heavy atom. The van der Waals surface area contributed by atoms with Gasteiger partial charge in [0.25, 0.3) is 5.69 Å². The van der Waals surface area contributed by atoms with Gasteiger partial charge in [-0.05, 0) is 12.1 Å². The second-order valence-electron chi connectivity index (χ2n) is 6.43. The Hall–Kier alpha value is -1.90. The highest BCUT2D eigenvalue weighted by atomic mass is 16.7. The van der Waals surface area contributed by atoms with Gasteiger partial charge in [0.2, 0.25) is 6.29 Å². The van der Waals surface area contributed by atoms with E-state index < -0.39 is 60.7 Å². The first-order valence-electron chi connectivity index (χ1n) is 8.48. The van der Waals surface area contributed by atoms with Gasteiger partial charge in [-0.15, -0.1) is 0 Å². The Morgan fingerprint density at radius 3 is 2.07 bits per heavy atom. The minimum Gasteiger partial charge on any atom is -0.462 e. The predicted molar refractivity (Wildman–Crippen MR) is 88.1 cm³/mol. The Morgan fingerprint density at radius 2 is 1.50 bits per heavy atom. The number of aliphatic hydroxyl groups excluding tert-OH is 5. The first-order valence-corrected chi connectivity index (χ1v) is 8.48. The van der Waals surface area contributed by atoms with Crippen molar-refractivity contribution in [2.24, 2.45) is 0 Å². The van der Waals surface area contributed by atoms with E-state index in [0.717, 1.165) is 0 Å². The third-order valence-corrected chi connectivity index (χ3v) is 4.54. The molecule has 0 amide bonds. The van der Waals surface area contributed by atoms with E-state index in [2.05, 4.69) is 0 Å². The molecule has 2 saturated heterocycles. The zero-order valence-corrected chi connectivity index (χ0v) is 14.5. The molecule has 156 valence electrons. The van der Waals surface area contributed by atoms with Crippen molar-refractivity contribution in [3.63, 3.8) is 0 Å². The van der Waals surface area contributed by atoms with Gasteiger partial charge in [-0.2, -0.15) is 0 Å². The van der Waals surface area contributed by atoms with E-state index in [1.165, 1.54) is 24.3 Å². The number of benzene rings is 1. The van der Waals surface area contributed by atoms with Crippen molar-refractivity contribution in [1.29, 1.82) is 0 Å². The Balaban J connectivity index is 1.54. The van der Waals surface area contributed by atoms with Gasteiger partial charge in [-0.1, -0.05) is 0 Å². The molecule has 0 aromatic heterocycles. The standard InChI is InChI=1S/C16H21NO11/c18-5-9-11(19)13(21)15(27-9)25-6-10-12(20)14(22)16(28-10)26-8-3-1-7(2-4-8)17(23)24/h1-4,9-16,18-22H,5-6H2/t9-,10-,11-,12-,13+,14+,15+,16+/m0/s1. The number of ether oxygens (including phenoxy) is 4. The molecule has 0 spiro atoms. The van der Waals surface area contributed by atoms with Crippen molar-refractivity contribution < 1.29 is 49.4 Å². The molecular formula is C16H21NO11. The van der Waals surface area contributed by atoms with Crippen LogP contribution in [0, 0.1) is 10.1 Å². The number of nitro benzene ring substituents is 1. The molecule has 3 rings (SSSR count). The zero-order valence-electron chi connectivity index (χ0n) is 14.5. The lowest BCUT2D eigenvalue weighted by Crippen LogP contribution is -2.38. The van der Waals surface area contributed by atoms with Crippen LogP contribution in [-0.2, 0) is 14.2 Å². The van der Waals surface area contributed by atoms with Crippen LogP contribution in [0.15, 0.2) is 24.3 Å². The monoisotopic (exact) mass is 403 g/mol. The van der Waals surface area contributed by atoms with Gasteiger partial charge in [0, 0.05) is 12.1 Å². The quantitative estimate of drug-likeness (QED) is 0.248. The van der Waals surface area contributed by atoms with E-state index in [0.29, 0.717) is 0 Å². The largest absolute Gasteiger partial charge is 0.462 e. The van der Waals surface area contributed by atoms with Gasteiger partial charge in [0.1, 0.15) is 42.4 Å². The highest BCUT2D eigenvalue weighted by Crippen LogP contribution is 2.28. The lowest BCUT2D eigenvalue weighted by atomic mass is 10.1. The second-order valence-corrected chi connectivity index (χ2v) is 6.43. The summed E-state index contributed by atoms with van der Waals surface area (Å²) in [6.07, 6.45) is -10.0. The fourth-order valence-corrected chi connectivity index (χ4v) is 2.92. The van der Waals surface area contributed by atoms with E-state index >= 15 is 0 Å². The van der Waals surface area contributed by atoms with Crippen LogP contribution < -0.4 is 4.74 Å². The number of hydrogen-bond acceptors (Lipinski definition) is 11. The number of non-ortho nitro benzene ring substituents is 1. The third-order valence-electron chi connectivity index (χ3n) is 4.54. The van der Waals surface area contributed by atoms with Crippen LogP contribution >= 0.6 is 0 Å². The molecule has 8 atom stereocenters. The van der Waals surface area contributed by atoms with Crippen LogP contribution in [-0.4, -0.2) is 92.9 Å². The SMILES string of the molecule is O=[N+]([O-])c1ccc(O[C@@H]2O[C@@H](CO[C@@H]3O[C@@H](CO)[C@H](O)[C@H]3O)[C@H](O)[C@H]2O)cc1. The topological polar surface area (TPSA) is 181 Å². The van der Waals surface area contributed by atoms with Crippen molar-refractivity contribution in [3.05, 3.63) is 34.4 Å². The van der Waals surface area contributed by atoms with E-state index in [1.807, 2.05) is 0 Å². The van der Waals surface area contributed by atoms with E-state index in [4.69, 9.17) is 24.1 Å². The molecular weight excluding hydrogens is 382 g/mol. The van der Waals surface area contributed by atoms with Crippen LogP contribution in [0.4, 0.5) is 5.69 Å². The lowest BCUT2D eigenvalue weighted by molar-refractivity contribution is -0.384. The van der Waals surface area contributed by atoms with Crippen molar-refractivity contribution in [1.82, 2.24) is 0 Å². The average molecular weight is 403 g/mol. The summed E-state index contributed by atoms with van der Waals surface area (Å²) in [5, 5.41) is 59.4. The number of nitrogens with zero attached hydrogens (tertiary/aromatic N) is 1. The van der Waals surface area contributed by atoms with Crippen LogP contribution in [0.2, 0.25) is 0 Å². The average Bonchev–Trinajstić information content (AvgIpc) is 3.11. The summed E-state index contributed by atoms with van der Waals surface area (Å²) in [6, 6.07) is 5.08. The molecule has 2 fully saturated rings. The molecule has 12 nitrogen and oxygen atoms in total. The summed E-state index contributed by atoms with van der Waals surface area (Å²) < 4.78 is 21.3. The normalized spacial score (nSPS) is 37.9. The molecule has 2 aliphatic rings. The van der Waals surface area contributed by atoms with E-state index in [1.54, 1.807) is 0 Å². The number of rotatable bonds is 7. The van der Waals surface area contributed by atoms with Crippen molar-refractivity contribution >= 4 is 5.69 Å². The van der Waals surface area contributed by atoms with Crippen LogP contribution in [0.1, 0.15) is 0 Å². The number of hydrogen-bond donors (Lipinski definition) is 5. The van der Waals surface area contributed by atoms with Gasteiger partial charge in [0.15, 0.2) is 6.29 Å². The third kappa shape index (κ3) is 4.24. The molecule has 12 heteroatoms. The molecule has 0 saturated carbocycles. The minimum absolute atomic E-state index is 0.134. The highest BCUT2D eigenvalue weighted by Gasteiger charge is 2.47. The molecule has 0 aliphatic carbocycles. The van der Waals surface area contributed by atoms with Gasteiger partial charge < -0.3 is 44.5 Å². The van der Waals surface area contributed by atoms with Crippen molar-refractivity contribution in [2.75, 3.05) is 13.2 Å². The first kappa shape index (κ1) is 20.8. The second kappa shape index (κ2) is 8.63. The summed E-state index contributed by atoms with van der Waals surface area (Å²) in [7, 11) is 0. The summed E-state index contributed by atoms with van der Waals surface area (Å²) in [5.41, 5.74) is -0.134. The summed E-state index contributed by atoms with van der Waals surface area (Å²) in [6.45, 7) is -0.810. The molecule has 2 heterocycles. The smallest absolute Gasteiger partial charge is 0.269 e. The molecule has 28 heavy (non-hydrogen) atoms. The lowest BCUT2D eigenvalue weighted by Gasteiger charge is -2.20. The first-order chi connectivity index (χ1) is 13.3. The van der Waals surface area contributed by atoms with Gasteiger partial charge in [-0.3, -0.25) is 10.1 Å². The fourth-order valence-electron chi connectivity index (χ4n) is 2.92. The number of nitro groups is 1. The van der Waals surface area contributed by atoms with Crippen LogP contribution in [0.5, 0.6) is 5.75 Å². The molecule has 1 aromatic rings. The van der Waals surface area contributed by atoms with E-state index in [-0.39, 0.29) is 18.0 Å². The van der Waals surface area contributed by atoms with Gasteiger partial charge in [0.05, 0.1) is 18.1 Å². The minimum atomic E-state index is -1.42. The highest BCUT2D eigenvalue weighted by molar-refractivity contribution is 5.36. The molecule has 0 radical (unpaired) electrons. The number of aliphatic hydroxyl groups is 5. The zero-order chi connectivity index (χ0) is 20.4.